The van der Waals surface area contributed by atoms with Crippen molar-refractivity contribution >= 4 is 5.91 Å². The fraction of sp³-hybridized carbons (Fsp3) is 0.733. The van der Waals surface area contributed by atoms with Gasteiger partial charge in [-0.1, -0.05) is 0 Å². The van der Waals surface area contributed by atoms with Gasteiger partial charge in [0.2, 0.25) is 5.91 Å². The van der Waals surface area contributed by atoms with Crippen LogP contribution in [0.5, 0.6) is 0 Å². The van der Waals surface area contributed by atoms with E-state index in [-0.39, 0.29) is 11.9 Å². The average Bonchev–Trinajstić information content (AvgIpc) is 3.19. The van der Waals surface area contributed by atoms with Crippen LogP contribution in [0.2, 0.25) is 0 Å². The number of hydrogen-bond donors (Lipinski definition) is 3. The number of hydrogen-bond acceptors (Lipinski definition) is 4. The molecule has 0 saturated carbocycles. The SMILES string of the molecule is O=C(NCCc1ncc[nH]1)C1CCCN1C1CCNCC1. The molecule has 1 atom stereocenters. The number of imidazole rings is 1. The van der Waals surface area contributed by atoms with E-state index in [1.54, 1.807) is 6.20 Å². The Labute approximate surface area is 125 Å². The van der Waals surface area contributed by atoms with Crippen LogP contribution < -0.4 is 10.6 Å². The summed E-state index contributed by atoms with van der Waals surface area (Å²) in [5.74, 6) is 1.12. The number of amides is 1. The van der Waals surface area contributed by atoms with Crippen LogP contribution in [-0.4, -0.2) is 59.0 Å². The number of aromatic amines is 1. The number of aromatic nitrogens is 2. The molecule has 6 heteroatoms. The first-order chi connectivity index (χ1) is 10.3. The highest BCUT2D eigenvalue weighted by Gasteiger charge is 2.35. The summed E-state index contributed by atoms with van der Waals surface area (Å²) in [6.45, 7) is 3.88. The Morgan fingerprint density at radius 3 is 3.00 bits per heavy atom. The molecule has 1 unspecified atom stereocenters. The summed E-state index contributed by atoms with van der Waals surface area (Å²) in [5.41, 5.74) is 0. The van der Waals surface area contributed by atoms with Crippen molar-refractivity contribution in [1.29, 1.82) is 0 Å². The second-order valence-electron chi connectivity index (χ2n) is 5.95. The van der Waals surface area contributed by atoms with Crippen molar-refractivity contribution in [2.75, 3.05) is 26.2 Å². The molecule has 0 aliphatic carbocycles. The molecule has 6 nitrogen and oxygen atoms in total. The molecule has 2 aliphatic rings. The highest BCUT2D eigenvalue weighted by atomic mass is 16.2. The van der Waals surface area contributed by atoms with E-state index in [1.807, 2.05) is 6.20 Å². The molecule has 1 amide bonds. The number of rotatable bonds is 5. The van der Waals surface area contributed by atoms with Crippen molar-refractivity contribution in [3.8, 4) is 0 Å². The molecule has 1 aromatic heterocycles. The van der Waals surface area contributed by atoms with Gasteiger partial charge in [-0.05, 0) is 45.3 Å². The summed E-state index contributed by atoms with van der Waals surface area (Å²) < 4.78 is 0. The fourth-order valence-corrected chi connectivity index (χ4v) is 3.50. The van der Waals surface area contributed by atoms with Crippen molar-refractivity contribution in [3.63, 3.8) is 0 Å². The zero-order valence-corrected chi connectivity index (χ0v) is 12.5. The minimum Gasteiger partial charge on any atom is -0.354 e. The Hall–Kier alpha value is -1.40. The summed E-state index contributed by atoms with van der Waals surface area (Å²) in [6.07, 6.45) is 8.78. The Balaban J connectivity index is 1.48. The van der Waals surface area contributed by atoms with E-state index >= 15 is 0 Å². The highest BCUT2D eigenvalue weighted by Crippen LogP contribution is 2.24. The Kier molecular flexibility index (Phi) is 4.87. The maximum absolute atomic E-state index is 12.4. The molecular formula is C15H25N5O. The summed E-state index contributed by atoms with van der Waals surface area (Å²) in [7, 11) is 0. The lowest BCUT2D eigenvalue weighted by molar-refractivity contribution is -0.126. The number of likely N-dealkylation sites (tertiary alicyclic amines) is 1. The zero-order valence-electron chi connectivity index (χ0n) is 12.5. The van der Waals surface area contributed by atoms with Crippen molar-refractivity contribution in [2.45, 2.75) is 44.2 Å². The van der Waals surface area contributed by atoms with Gasteiger partial charge in [0.15, 0.2) is 0 Å². The van der Waals surface area contributed by atoms with E-state index in [1.165, 1.54) is 0 Å². The average molecular weight is 291 g/mol. The molecule has 3 rings (SSSR count). The van der Waals surface area contributed by atoms with Crippen molar-refractivity contribution in [1.82, 2.24) is 25.5 Å². The Bertz CT molecular complexity index is 441. The first-order valence-corrected chi connectivity index (χ1v) is 8.07. The van der Waals surface area contributed by atoms with E-state index in [4.69, 9.17) is 0 Å². The Morgan fingerprint density at radius 1 is 1.38 bits per heavy atom. The monoisotopic (exact) mass is 291 g/mol. The molecule has 0 radical (unpaired) electrons. The molecule has 0 aromatic carbocycles. The molecular weight excluding hydrogens is 266 g/mol. The van der Waals surface area contributed by atoms with Crippen LogP contribution in [-0.2, 0) is 11.2 Å². The van der Waals surface area contributed by atoms with Crippen LogP contribution >= 0.6 is 0 Å². The van der Waals surface area contributed by atoms with Gasteiger partial charge in [-0.2, -0.15) is 0 Å². The zero-order chi connectivity index (χ0) is 14.5. The highest BCUT2D eigenvalue weighted by molar-refractivity contribution is 5.82. The molecule has 116 valence electrons. The van der Waals surface area contributed by atoms with Gasteiger partial charge in [-0.3, -0.25) is 9.69 Å². The third-order valence-corrected chi connectivity index (χ3v) is 4.59. The minimum atomic E-state index is 0.0738. The predicted molar refractivity (Wildman–Crippen MR) is 80.9 cm³/mol. The van der Waals surface area contributed by atoms with Crippen molar-refractivity contribution < 1.29 is 4.79 Å². The summed E-state index contributed by atoms with van der Waals surface area (Å²) in [5, 5.41) is 6.47. The largest absolute Gasteiger partial charge is 0.354 e. The van der Waals surface area contributed by atoms with E-state index < -0.39 is 0 Å². The summed E-state index contributed by atoms with van der Waals surface area (Å²) in [4.78, 5) is 22.1. The molecule has 0 spiro atoms. The van der Waals surface area contributed by atoms with Gasteiger partial charge in [0.05, 0.1) is 6.04 Å². The van der Waals surface area contributed by atoms with Crippen LogP contribution in [0.15, 0.2) is 12.4 Å². The summed E-state index contributed by atoms with van der Waals surface area (Å²) >= 11 is 0. The third-order valence-electron chi connectivity index (χ3n) is 4.59. The number of carbonyl (C=O) groups excluding carboxylic acids is 1. The standard InChI is InChI=1S/C15H25N5O/c21-15(19-8-5-14-17-9-10-18-14)13-2-1-11-20(13)12-3-6-16-7-4-12/h9-10,12-13,16H,1-8,11H2,(H,17,18)(H,19,21). The van der Waals surface area contributed by atoms with E-state index in [0.717, 1.165) is 57.6 Å². The first-order valence-electron chi connectivity index (χ1n) is 8.07. The van der Waals surface area contributed by atoms with E-state index in [2.05, 4.69) is 25.5 Å². The predicted octanol–water partition coefficient (Wildman–Crippen LogP) is 0.285. The molecule has 1 aromatic rings. The van der Waals surface area contributed by atoms with Gasteiger partial charge in [-0.25, -0.2) is 4.98 Å². The number of piperidine rings is 1. The molecule has 0 bridgehead atoms. The van der Waals surface area contributed by atoms with E-state index in [0.29, 0.717) is 12.6 Å². The quantitative estimate of drug-likeness (QED) is 0.729. The minimum absolute atomic E-state index is 0.0738. The normalized spacial score (nSPS) is 24.3. The van der Waals surface area contributed by atoms with Crippen LogP contribution in [0.25, 0.3) is 0 Å². The van der Waals surface area contributed by atoms with Gasteiger partial charge in [-0.15, -0.1) is 0 Å². The topological polar surface area (TPSA) is 73.0 Å². The van der Waals surface area contributed by atoms with Crippen LogP contribution in [0, 0.1) is 0 Å². The van der Waals surface area contributed by atoms with Crippen LogP contribution in [0.1, 0.15) is 31.5 Å². The lowest BCUT2D eigenvalue weighted by atomic mass is 10.0. The van der Waals surface area contributed by atoms with E-state index in [9.17, 15) is 4.79 Å². The van der Waals surface area contributed by atoms with Gasteiger partial charge in [0.25, 0.3) is 0 Å². The molecule has 3 heterocycles. The maximum Gasteiger partial charge on any atom is 0.237 e. The molecule has 2 fully saturated rings. The van der Waals surface area contributed by atoms with Gasteiger partial charge < -0.3 is 15.6 Å². The molecule has 3 N–H and O–H groups in total. The number of nitrogens with zero attached hydrogens (tertiary/aromatic N) is 2. The second-order valence-corrected chi connectivity index (χ2v) is 5.95. The van der Waals surface area contributed by atoms with Crippen molar-refractivity contribution in [3.05, 3.63) is 18.2 Å². The fourth-order valence-electron chi connectivity index (χ4n) is 3.50. The smallest absolute Gasteiger partial charge is 0.237 e. The number of nitrogens with one attached hydrogen (secondary N) is 3. The van der Waals surface area contributed by atoms with Crippen LogP contribution in [0.4, 0.5) is 0 Å². The second kappa shape index (κ2) is 7.04. The summed E-state index contributed by atoms with van der Waals surface area (Å²) in [6, 6.07) is 0.652. The third kappa shape index (κ3) is 3.63. The molecule has 21 heavy (non-hydrogen) atoms. The van der Waals surface area contributed by atoms with Gasteiger partial charge in [0, 0.05) is 31.4 Å². The molecule has 2 saturated heterocycles. The first kappa shape index (κ1) is 14.5. The maximum atomic E-state index is 12.4. The molecule has 2 aliphatic heterocycles. The number of H-pyrrole nitrogens is 1. The Morgan fingerprint density at radius 2 is 2.24 bits per heavy atom. The lowest BCUT2D eigenvalue weighted by Crippen LogP contribution is -2.51. The number of carbonyl (C=O) groups is 1. The van der Waals surface area contributed by atoms with Gasteiger partial charge in [0.1, 0.15) is 5.82 Å². The van der Waals surface area contributed by atoms with Crippen LogP contribution in [0.3, 0.4) is 0 Å². The van der Waals surface area contributed by atoms with Gasteiger partial charge >= 0.3 is 0 Å². The van der Waals surface area contributed by atoms with Crippen molar-refractivity contribution in [2.24, 2.45) is 0 Å². The lowest BCUT2D eigenvalue weighted by Gasteiger charge is -2.35.